The Morgan fingerprint density at radius 2 is 2.33 bits per heavy atom. The minimum Gasteiger partial charge on any atom is -0.385 e. The molecule has 2 atom stereocenters. The molecule has 0 amide bonds. The lowest BCUT2D eigenvalue weighted by atomic mass is 10.2. The topological polar surface area (TPSA) is 47.3 Å². The number of ether oxygens (including phenoxy) is 1. The third-order valence-corrected chi connectivity index (χ3v) is 3.47. The van der Waals surface area contributed by atoms with Crippen LogP contribution < -0.4 is 0 Å². The third kappa shape index (κ3) is 2.02. The van der Waals surface area contributed by atoms with E-state index in [1.54, 1.807) is 6.92 Å². The summed E-state index contributed by atoms with van der Waals surface area (Å²) in [6.45, 7) is 3.38. The molecule has 0 radical (unpaired) electrons. The molecule has 4 heteroatoms. The van der Waals surface area contributed by atoms with Crippen molar-refractivity contribution in [1.82, 2.24) is 9.55 Å². The highest BCUT2D eigenvalue weighted by Crippen LogP contribution is 2.23. The molecular formula is C14H18N2O2. The molecule has 2 aromatic rings. The van der Waals surface area contributed by atoms with Crippen LogP contribution in [0.1, 0.15) is 31.7 Å². The molecule has 2 heterocycles. The molecule has 1 aromatic carbocycles. The maximum atomic E-state index is 9.86. The Kier molecular flexibility index (Phi) is 3.06. The summed E-state index contributed by atoms with van der Waals surface area (Å²) in [6, 6.07) is 8.00. The van der Waals surface area contributed by atoms with Gasteiger partial charge in [0.25, 0.3) is 0 Å². The number of rotatable bonds is 3. The summed E-state index contributed by atoms with van der Waals surface area (Å²) in [5.74, 6) is 0.728. The Hall–Kier alpha value is -1.39. The molecule has 1 aliphatic heterocycles. The fraction of sp³-hybridized carbons (Fsp3) is 0.500. The summed E-state index contributed by atoms with van der Waals surface area (Å²) >= 11 is 0. The predicted molar refractivity (Wildman–Crippen MR) is 69.3 cm³/mol. The monoisotopic (exact) mass is 246 g/mol. The third-order valence-electron chi connectivity index (χ3n) is 3.47. The number of aromatic nitrogens is 2. The second kappa shape index (κ2) is 4.71. The van der Waals surface area contributed by atoms with Crippen molar-refractivity contribution in [2.45, 2.75) is 38.5 Å². The molecule has 0 bridgehead atoms. The first kappa shape index (κ1) is 11.7. The van der Waals surface area contributed by atoms with Gasteiger partial charge in [-0.05, 0) is 31.9 Å². The van der Waals surface area contributed by atoms with Gasteiger partial charge in [0.1, 0.15) is 11.9 Å². The first-order chi connectivity index (χ1) is 8.75. The summed E-state index contributed by atoms with van der Waals surface area (Å²) in [7, 11) is 0. The van der Waals surface area contributed by atoms with Crippen molar-refractivity contribution in [3.8, 4) is 0 Å². The first-order valence-electron chi connectivity index (χ1n) is 6.50. The van der Waals surface area contributed by atoms with Gasteiger partial charge < -0.3 is 14.4 Å². The Morgan fingerprint density at radius 1 is 1.50 bits per heavy atom. The molecule has 0 spiro atoms. The second-order valence-corrected chi connectivity index (χ2v) is 4.88. The zero-order valence-electron chi connectivity index (χ0n) is 10.5. The van der Waals surface area contributed by atoms with Crippen LogP contribution in [0.5, 0.6) is 0 Å². The van der Waals surface area contributed by atoms with Crippen LogP contribution in [0.25, 0.3) is 11.0 Å². The summed E-state index contributed by atoms with van der Waals surface area (Å²) in [4.78, 5) is 4.51. The Labute approximate surface area is 106 Å². The smallest absolute Gasteiger partial charge is 0.138 e. The zero-order valence-corrected chi connectivity index (χ0v) is 10.5. The maximum Gasteiger partial charge on any atom is 0.138 e. The number of aliphatic hydroxyl groups excluding tert-OH is 1. The Bertz CT molecular complexity index is 542. The standard InChI is InChI=1S/C14H18N2O2/c1-10(17)14-15-12-6-2-3-7-13(12)16(14)9-11-5-4-8-18-11/h2-3,6-7,10-11,17H,4-5,8-9H2,1H3. The van der Waals surface area contributed by atoms with Crippen LogP contribution in [0.4, 0.5) is 0 Å². The van der Waals surface area contributed by atoms with E-state index in [1.807, 2.05) is 24.3 Å². The van der Waals surface area contributed by atoms with Gasteiger partial charge in [0, 0.05) is 6.61 Å². The molecule has 18 heavy (non-hydrogen) atoms. The van der Waals surface area contributed by atoms with Crippen LogP contribution in [0.15, 0.2) is 24.3 Å². The van der Waals surface area contributed by atoms with E-state index in [9.17, 15) is 5.11 Å². The number of hydrogen-bond donors (Lipinski definition) is 1. The minimum absolute atomic E-state index is 0.250. The van der Waals surface area contributed by atoms with E-state index >= 15 is 0 Å². The molecule has 0 aliphatic carbocycles. The zero-order chi connectivity index (χ0) is 12.5. The number of benzene rings is 1. The molecule has 1 aromatic heterocycles. The van der Waals surface area contributed by atoms with Crippen molar-refractivity contribution < 1.29 is 9.84 Å². The molecular weight excluding hydrogens is 228 g/mol. The van der Waals surface area contributed by atoms with Gasteiger partial charge in [0.2, 0.25) is 0 Å². The average molecular weight is 246 g/mol. The number of para-hydroxylation sites is 2. The van der Waals surface area contributed by atoms with E-state index in [1.165, 1.54) is 0 Å². The van der Waals surface area contributed by atoms with Crippen molar-refractivity contribution in [3.05, 3.63) is 30.1 Å². The number of fused-ring (bicyclic) bond motifs is 1. The highest BCUT2D eigenvalue weighted by Gasteiger charge is 2.21. The van der Waals surface area contributed by atoms with E-state index in [0.29, 0.717) is 0 Å². The minimum atomic E-state index is -0.557. The van der Waals surface area contributed by atoms with Crippen LogP contribution in [0, 0.1) is 0 Å². The first-order valence-corrected chi connectivity index (χ1v) is 6.50. The van der Waals surface area contributed by atoms with Crippen molar-refractivity contribution in [2.24, 2.45) is 0 Å². The summed E-state index contributed by atoms with van der Waals surface area (Å²) < 4.78 is 7.77. The highest BCUT2D eigenvalue weighted by atomic mass is 16.5. The van der Waals surface area contributed by atoms with Crippen molar-refractivity contribution >= 4 is 11.0 Å². The summed E-state index contributed by atoms with van der Waals surface area (Å²) in [6.07, 6.45) is 1.91. The molecule has 1 fully saturated rings. The summed E-state index contributed by atoms with van der Waals surface area (Å²) in [5, 5.41) is 9.86. The fourth-order valence-electron chi connectivity index (χ4n) is 2.60. The van der Waals surface area contributed by atoms with E-state index in [2.05, 4.69) is 9.55 Å². The molecule has 1 aliphatic rings. The number of nitrogens with zero attached hydrogens (tertiary/aromatic N) is 2. The lowest BCUT2D eigenvalue weighted by molar-refractivity contribution is 0.0940. The molecule has 4 nitrogen and oxygen atoms in total. The second-order valence-electron chi connectivity index (χ2n) is 4.88. The van der Waals surface area contributed by atoms with Crippen molar-refractivity contribution in [2.75, 3.05) is 6.61 Å². The van der Waals surface area contributed by atoms with Gasteiger partial charge >= 0.3 is 0 Å². The quantitative estimate of drug-likeness (QED) is 0.903. The average Bonchev–Trinajstić information content (AvgIpc) is 2.98. The molecule has 2 unspecified atom stereocenters. The molecule has 1 N–H and O–H groups in total. The normalized spacial score (nSPS) is 21.6. The molecule has 0 saturated carbocycles. The predicted octanol–water partition coefficient (Wildman–Crippen LogP) is 2.27. The molecule has 1 saturated heterocycles. The van der Waals surface area contributed by atoms with Crippen LogP contribution in [0.3, 0.4) is 0 Å². The van der Waals surface area contributed by atoms with Gasteiger partial charge in [-0.2, -0.15) is 0 Å². The Morgan fingerprint density at radius 3 is 3.06 bits per heavy atom. The maximum absolute atomic E-state index is 9.86. The van der Waals surface area contributed by atoms with Gasteiger partial charge in [0.15, 0.2) is 0 Å². The van der Waals surface area contributed by atoms with Gasteiger partial charge in [-0.25, -0.2) is 4.98 Å². The van der Waals surface area contributed by atoms with Gasteiger partial charge in [0.05, 0.1) is 23.7 Å². The number of imidazole rings is 1. The van der Waals surface area contributed by atoms with Crippen molar-refractivity contribution in [1.29, 1.82) is 0 Å². The van der Waals surface area contributed by atoms with Crippen LogP contribution in [0.2, 0.25) is 0 Å². The van der Waals surface area contributed by atoms with E-state index in [4.69, 9.17) is 4.74 Å². The van der Waals surface area contributed by atoms with Crippen LogP contribution in [-0.2, 0) is 11.3 Å². The van der Waals surface area contributed by atoms with E-state index in [0.717, 1.165) is 42.9 Å². The largest absolute Gasteiger partial charge is 0.385 e. The van der Waals surface area contributed by atoms with Crippen LogP contribution in [-0.4, -0.2) is 27.4 Å². The van der Waals surface area contributed by atoms with E-state index in [-0.39, 0.29) is 6.10 Å². The van der Waals surface area contributed by atoms with Gasteiger partial charge in [-0.1, -0.05) is 12.1 Å². The van der Waals surface area contributed by atoms with Gasteiger partial charge in [-0.15, -0.1) is 0 Å². The van der Waals surface area contributed by atoms with Gasteiger partial charge in [-0.3, -0.25) is 0 Å². The summed E-state index contributed by atoms with van der Waals surface area (Å²) in [5.41, 5.74) is 2.01. The lowest BCUT2D eigenvalue weighted by Crippen LogP contribution is -2.17. The lowest BCUT2D eigenvalue weighted by Gasteiger charge is -2.15. The Balaban J connectivity index is 2.03. The molecule has 3 rings (SSSR count). The highest BCUT2D eigenvalue weighted by molar-refractivity contribution is 5.76. The van der Waals surface area contributed by atoms with E-state index < -0.39 is 6.10 Å². The fourth-order valence-corrected chi connectivity index (χ4v) is 2.60. The van der Waals surface area contributed by atoms with Crippen molar-refractivity contribution in [3.63, 3.8) is 0 Å². The number of hydrogen-bond acceptors (Lipinski definition) is 3. The molecule has 96 valence electrons. The van der Waals surface area contributed by atoms with Crippen LogP contribution >= 0.6 is 0 Å². The SMILES string of the molecule is CC(O)c1nc2ccccc2n1CC1CCCO1. The number of aliphatic hydroxyl groups is 1.